The maximum Gasteiger partial charge on any atom is 0.0853 e. The van der Waals surface area contributed by atoms with Crippen LogP contribution in [0.25, 0.3) is 0 Å². The fourth-order valence-electron chi connectivity index (χ4n) is 3.06. The molecule has 0 spiro atoms. The first-order valence-electron chi connectivity index (χ1n) is 6.89. The third kappa shape index (κ3) is 3.19. The second kappa shape index (κ2) is 5.99. The topological polar surface area (TPSA) is 38.5 Å². The average molecular weight is 226 g/mol. The number of ether oxygens (including phenoxy) is 1. The molecule has 2 atom stereocenters. The molecule has 0 aromatic rings. The van der Waals surface area contributed by atoms with Crippen molar-refractivity contribution >= 4 is 0 Å². The lowest BCUT2D eigenvalue weighted by atomic mass is 9.95. The lowest BCUT2D eigenvalue weighted by Crippen LogP contribution is -2.50. The molecule has 1 aliphatic heterocycles. The molecule has 1 heterocycles. The van der Waals surface area contributed by atoms with Crippen molar-refractivity contribution in [2.24, 2.45) is 11.7 Å². The summed E-state index contributed by atoms with van der Waals surface area (Å²) in [7, 11) is 0. The van der Waals surface area contributed by atoms with Gasteiger partial charge in [-0.1, -0.05) is 32.6 Å². The molecular formula is C13H26N2O. The van der Waals surface area contributed by atoms with Gasteiger partial charge in [-0.3, -0.25) is 4.90 Å². The van der Waals surface area contributed by atoms with Gasteiger partial charge >= 0.3 is 0 Å². The summed E-state index contributed by atoms with van der Waals surface area (Å²) >= 11 is 0. The molecule has 3 heteroatoms. The average Bonchev–Trinajstić information content (AvgIpc) is 2.82. The Morgan fingerprint density at radius 3 is 2.81 bits per heavy atom. The number of hydrogen-bond donors (Lipinski definition) is 1. The van der Waals surface area contributed by atoms with Crippen molar-refractivity contribution in [2.45, 2.75) is 51.2 Å². The monoisotopic (exact) mass is 226 g/mol. The Morgan fingerprint density at radius 2 is 2.12 bits per heavy atom. The van der Waals surface area contributed by atoms with Gasteiger partial charge in [0.2, 0.25) is 0 Å². The third-order valence-electron chi connectivity index (χ3n) is 4.18. The summed E-state index contributed by atoms with van der Waals surface area (Å²) in [5.41, 5.74) is 6.29. The van der Waals surface area contributed by atoms with Gasteiger partial charge in [-0.05, 0) is 18.9 Å². The van der Waals surface area contributed by atoms with Gasteiger partial charge in [0.15, 0.2) is 0 Å². The largest absolute Gasteiger partial charge is 0.374 e. The Morgan fingerprint density at radius 1 is 1.38 bits per heavy atom. The molecule has 0 aromatic heterocycles. The van der Waals surface area contributed by atoms with Gasteiger partial charge in [0.1, 0.15) is 0 Å². The van der Waals surface area contributed by atoms with Crippen LogP contribution in [0.15, 0.2) is 0 Å². The molecule has 2 unspecified atom stereocenters. The van der Waals surface area contributed by atoms with Crippen LogP contribution in [-0.2, 0) is 4.74 Å². The first-order chi connectivity index (χ1) is 7.79. The lowest BCUT2D eigenvalue weighted by molar-refractivity contribution is -0.0418. The minimum atomic E-state index is 0.248. The van der Waals surface area contributed by atoms with Gasteiger partial charge in [-0.25, -0.2) is 0 Å². The molecule has 2 N–H and O–H groups in total. The van der Waals surface area contributed by atoms with E-state index in [1.165, 1.54) is 32.1 Å². The summed E-state index contributed by atoms with van der Waals surface area (Å²) in [5, 5.41) is 0. The quantitative estimate of drug-likeness (QED) is 0.791. The first-order valence-corrected chi connectivity index (χ1v) is 6.89. The SMILES string of the molecule is CCN1CCOC(C(N)CC2CCCC2)C1. The maximum absolute atomic E-state index is 6.29. The van der Waals surface area contributed by atoms with Crippen molar-refractivity contribution in [3.63, 3.8) is 0 Å². The zero-order valence-corrected chi connectivity index (χ0v) is 10.5. The molecule has 1 aliphatic carbocycles. The van der Waals surface area contributed by atoms with Crippen LogP contribution in [0, 0.1) is 5.92 Å². The van der Waals surface area contributed by atoms with Crippen molar-refractivity contribution < 1.29 is 4.74 Å². The van der Waals surface area contributed by atoms with Gasteiger partial charge in [0.25, 0.3) is 0 Å². The van der Waals surface area contributed by atoms with Crippen LogP contribution in [0.3, 0.4) is 0 Å². The number of hydrogen-bond acceptors (Lipinski definition) is 3. The van der Waals surface area contributed by atoms with Crippen LogP contribution in [0.1, 0.15) is 39.0 Å². The number of rotatable bonds is 4. The molecule has 1 saturated carbocycles. The molecule has 2 fully saturated rings. The van der Waals surface area contributed by atoms with E-state index in [2.05, 4.69) is 11.8 Å². The fraction of sp³-hybridized carbons (Fsp3) is 1.00. The Bertz CT molecular complexity index is 204. The highest BCUT2D eigenvalue weighted by molar-refractivity contribution is 4.83. The minimum absolute atomic E-state index is 0.248. The van der Waals surface area contributed by atoms with Crippen molar-refractivity contribution in [1.82, 2.24) is 4.90 Å². The summed E-state index contributed by atoms with van der Waals surface area (Å²) in [4.78, 5) is 2.45. The van der Waals surface area contributed by atoms with E-state index < -0.39 is 0 Å². The lowest BCUT2D eigenvalue weighted by Gasteiger charge is -2.35. The van der Waals surface area contributed by atoms with E-state index in [4.69, 9.17) is 10.5 Å². The highest BCUT2D eigenvalue weighted by Gasteiger charge is 2.28. The van der Waals surface area contributed by atoms with E-state index in [-0.39, 0.29) is 12.1 Å². The highest BCUT2D eigenvalue weighted by Crippen LogP contribution is 2.29. The van der Waals surface area contributed by atoms with E-state index in [1.807, 2.05) is 0 Å². The van der Waals surface area contributed by atoms with E-state index >= 15 is 0 Å². The van der Waals surface area contributed by atoms with Gasteiger partial charge < -0.3 is 10.5 Å². The molecule has 2 aliphatic rings. The summed E-state index contributed by atoms with van der Waals surface area (Å²) in [6.07, 6.45) is 7.03. The van der Waals surface area contributed by atoms with Gasteiger partial charge in [0.05, 0.1) is 12.7 Å². The molecule has 0 radical (unpaired) electrons. The molecular weight excluding hydrogens is 200 g/mol. The van der Waals surface area contributed by atoms with Crippen LogP contribution < -0.4 is 5.73 Å². The predicted molar refractivity (Wildman–Crippen MR) is 66.4 cm³/mol. The van der Waals surface area contributed by atoms with E-state index in [1.54, 1.807) is 0 Å². The van der Waals surface area contributed by atoms with Crippen LogP contribution in [0.5, 0.6) is 0 Å². The Kier molecular flexibility index (Phi) is 4.62. The van der Waals surface area contributed by atoms with Crippen molar-refractivity contribution in [2.75, 3.05) is 26.2 Å². The molecule has 1 saturated heterocycles. The zero-order valence-electron chi connectivity index (χ0n) is 10.5. The molecule has 0 amide bonds. The number of nitrogens with two attached hydrogens (primary N) is 1. The number of morpholine rings is 1. The number of nitrogens with zero attached hydrogens (tertiary/aromatic N) is 1. The predicted octanol–water partition coefficient (Wildman–Crippen LogP) is 1.61. The van der Waals surface area contributed by atoms with Crippen LogP contribution in [0.4, 0.5) is 0 Å². The highest BCUT2D eigenvalue weighted by atomic mass is 16.5. The second-order valence-electron chi connectivity index (χ2n) is 5.35. The molecule has 3 nitrogen and oxygen atoms in total. The molecule has 2 rings (SSSR count). The summed E-state index contributed by atoms with van der Waals surface area (Å²) in [6, 6.07) is 0.248. The van der Waals surface area contributed by atoms with Crippen LogP contribution in [-0.4, -0.2) is 43.3 Å². The van der Waals surface area contributed by atoms with Gasteiger partial charge in [0, 0.05) is 19.1 Å². The molecule has 94 valence electrons. The third-order valence-corrected chi connectivity index (χ3v) is 4.18. The normalized spacial score (nSPS) is 30.8. The van der Waals surface area contributed by atoms with E-state index in [0.717, 1.165) is 32.2 Å². The Balaban J connectivity index is 1.76. The number of likely N-dealkylation sites (N-methyl/N-ethyl adjacent to an activating group) is 1. The molecule has 16 heavy (non-hydrogen) atoms. The standard InChI is InChI=1S/C13H26N2O/c1-2-15-7-8-16-13(10-15)12(14)9-11-5-3-4-6-11/h11-13H,2-10,14H2,1H3. The van der Waals surface area contributed by atoms with Crippen LogP contribution in [0.2, 0.25) is 0 Å². The van der Waals surface area contributed by atoms with Crippen LogP contribution >= 0.6 is 0 Å². The molecule has 0 aromatic carbocycles. The summed E-state index contributed by atoms with van der Waals surface area (Å²) < 4.78 is 5.82. The van der Waals surface area contributed by atoms with Crippen molar-refractivity contribution in [3.05, 3.63) is 0 Å². The van der Waals surface area contributed by atoms with E-state index in [9.17, 15) is 0 Å². The maximum atomic E-state index is 6.29. The minimum Gasteiger partial charge on any atom is -0.374 e. The smallest absolute Gasteiger partial charge is 0.0853 e. The Hall–Kier alpha value is -0.120. The Labute approximate surface area is 99.3 Å². The zero-order chi connectivity index (χ0) is 11.4. The second-order valence-corrected chi connectivity index (χ2v) is 5.35. The van der Waals surface area contributed by atoms with Gasteiger partial charge in [-0.15, -0.1) is 0 Å². The summed E-state index contributed by atoms with van der Waals surface area (Å²) in [5.74, 6) is 0.871. The van der Waals surface area contributed by atoms with Crippen molar-refractivity contribution in [3.8, 4) is 0 Å². The van der Waals surface area contributed by atoms with E-state index in [0.29, 0.717) is 0 Å². The fourth-order valence-corrected chi connectivity index (χ4v) is 3.06. The van der Waals surface area contributed by atoms with Gasteiger partial charge in [-0.2, -0.15) is 0 Å². The van der Waals surface area contributed by atoms with Crippen molar-refractivity contribution in [1.29, 1.82) is 0 Å². The molecule has 0 bridgehead atoms. The first kappa shape index (κ1) is 12.3. The summed E-state index contributed by atoms with van der Waals surface area (Å²) in [6.45, 7) is 6.30.